The number of likely N-dealkylation sites (tertiary alicyclic amines) is 1. The molecule has 128 valence electrons. The smallest absolute Gasteiger partial charge is 0.224 e. The molecular weight excluding hydrogens is 302 g/mol. The summed E-state index contributed by atoms with van der Waals surface area (Å²) in [6, 6.07) is 6.11. The lowest BCUT2D eigenvalue weighted by Crippen LogP contribution is -2.39. The standard InChI is InChI=1S/C18H25N5O/c1-14-5-9-21-23(14)11-7-18(24)22-10-3-4-16(13-22)15-6-8-20-17(12-15)19-2/h5-6,8-9,12,16H,3-4,7,10-11,13H2,1-2H3,(H,19,20). The second-order valence-electron chi connectivity index (χ2n) is 6.35. The second kappa shape index (κ2) is 7.47. The molecule has 0 spiro atoms. The number of pyridine rings is 1. The van der Waals surface area contributed by atoms with Gasteiger partial charge in [0.25, 0.3) is 0 Å². The van der Waals surface area contributed by atoms with Crippen LogP contribution in [0.5, 0.6) is 0 Å². The van der Waals surface area contributed by atoms with E-state index in [2.05, 4.69) is 27.5 Å². The molecule has 0 radical (unpaired) electrons. The Hall–Kier alpha value is -2.37. The minimum atomic E-state index is 0.220. The van der Waals surface area contributed by atoms with Gasteiger partial charge in [0.2, 0.25) is 5.91 Å². The van der Waals surface area contributed by atoms with Crippen LogP contribution in [0, 0.1) is 6.92 Å². The fourth-order valence-corrected chi connectivity index (χ4v) is 3.31. The van der Waals surface area contributed by atoms with Crippen molar-refractivity contribution in [3.63, 3.8) is 0 Å². The Morgan fingerprint density at radius 3 is 3.00 bits per heavy atom. The third-order valence-corrected chi connectivity index (χ3v) is 4.75. The second-order valence-corrected chi connectivity index (χ2v) is 6.35. The fraction of sp³-hybridized carbons (Fsp3) is 0.500. The van der Waals surface area contributed by atoms with E-state index in [1.807, 2.05) is 35.8 Å². The van der Waals surface area contributed by atoms with Crippen LogP contribution < -0.4 is 5.32 Å². The lowest BCUT2D eigenvalue weighted by atomic mass is 9.91. The number of amides is 1. The van der Waals surface area contributed by atoms with E-state index in [0.717, 1.165) is 37.4 Å². The molecule has 3 heterocycles. The van der Waals surface area contributed by atoms with E-state index in [4.69, 9.17) is 0 Å². The van der Waals surface area contributed by atoms with Gasteiger partial charge in [0.05, 0.1) is 0 Å². The first kappa shape index (κ1) is 16.5. The predicted octanol–water partition coefficient (Wildman–Crippen LogP) is 2.42. The summed E-state index contributed by atoms with van der Waals surface area (Å²) >= 11 is 0. The first-order chi connectivity index (χ1) is 11.7. The van der Waals surface area contributed by atoms with E-state index >= 15 is 0 Å². The van der Waals surface area contributed by atoms with Crippen LogP contribution in [0.4, 0.5) is 5.82 Å². The average Bonchev–Trinajstić information content (AvgIpc) is 3.04. The number of carbonyl (C=O) groups is 1. The van der Waals surface area contributed by atoms with Crippen molar-refractivity contribution in [2.45, 2.75) is 38.6 Å². The number of rotatable bonds is 5. The van der Waals surface area contributed by atoms with Crippen molar-refractivity contribution in [1.82, 2.24) is 19.7 Å². The first-order valence-corrected chi connectivity index (χ1v) is 8.57. The Morgan fingerprint density at radius 1 is 1.38 bits per heavy atom. The lowest BCUT2D eigenvalue weighted by Gasteiger charge is -2.33. The summed E-state index contributed by atoms with van der Waals surface area (Å²) in [4.78, 5) is 18.8. The molecule has 1 aliphatic heterocycles. The molecule has 2 aromatic heterocycles. The van der Waals surface area contributed by atoms with E-state index in [1.54, 1.807) is 6.20 Å². The zero-order valence-electron chi connectivity index (χ0n) is 14.4. The zero-order chi connectivity index (χ0) is 16.9. The van der Waals surface area contributed by atoms with Gasteiger partial charge in [-0.25, -0.2) is 4.98 Å². The van der Waals surface area contributed by atoms with Crippen molar-refractivity contribution < 1.29 is 4.79 Å². The number of nitrogens with zero attached hydrogens (tertiary/aromatic N) is 4. The topological polar surface area (TPSA) is 63.1 Å². The third kappa shape index (κ3) is 3.75. The molecule has 24 heavy (non-hydrogen) atoms. The first-order valence-electron chi connectivity index (χ1n) is 8.57. The number of hydrogen-bond donors (Lipinski definition) is 1. The van der Waals surface area contributed by atoms with Crippen molar-refractivity contribution in [3.05, 3.63) is 41.9 Å². The van der Waals surface area contributed by atoms with E-state index in [9.17, 15) is 4.79 Å². The minimum Gasteiger partial charge on any atom is -0.373 e. The van der Waals surface area contributed by atoms with Crippen molar-refractivity contribution in [2.24, 2.45) is 0 Å². The van der Waals surface area contributed by atoms with Crippen molar-refractivity contribution in [2.75, 3.05) is 25.5 Å². The fourth-order valence-electron chi connectivity index (χ4n) is 3.31. The van der Waals surface area contributed by atoms with Gasteiger partial charge in [0.15, 0.2) is 0 Å². The summed E-state index contributed by atoms with van der Waals surface area (Å²) in [5.74, 6) is 1.49. The molecule has 6 heteroatoms. The maximum absolute atomic E-state index is 12.6. The van der Waals surface area contributed by atoms with Gasteiger partial charge in [-0.05, 0) is 43.5 Å². The van der Waals surface area contributed by atoms with Crippen LogP contribution in [-0.4, -0.2) is 45.7 Å². The molecule has 1 N–H and O–H groups in total. The molecule has 3 rings (SSSR count). The maximum atomic E-state index is 12.6. The van der Waals surface area contributed by atoms with Crippen LogP contribution in [-0.2, 0) is 11.3 Å². The van der Waals surface area contributed by atoms with Gasteiger partial charge in [-0.3, -0.25) is 9.48 Å². The largest absolute Gasteiger partial charge is 0.373 e. The van der Waals surface area contributed by atoms with Gasteiger partial charge >= 0.3 is 0 Å². The number of nitrogens with one attached hydrogen (secondary N) is 1. The molecule has 0 aliphatic carbocycles. The SMILES string of the molecule is CNc1cc(C2CCCN(C(=O)CCn3nccc3C)C2)ccn1. The number of hydrogen-bond acceptors (Lipinski definition) is 4. The van der Waals surface area contributed by atoms with Crippen molar-refractivity contribution in [3.8, 4) is 0 Å². The zero-order valence-corrected chi connectivity index (χ0v) is 14.4. The predicted molar refractivity (Wildman–Crippen MR) is 93.9 cm³/mol. The summed E-state index contributed by atoms with van der Waals surface area (Å²) in [6.07, 6.45) is 6.29. The Labute approximate surface area is 142 Å². The van der Waals surface area contributed by atoms with Crippen LogP contribution in [0.25, 0.3) is 0 Å². The lowest BCUT2D eigenvalue weighted by molar-refractivity contribution is -0.132. The van der Waals surface area contributed by atoms with Crippen molar-refractivity contribution >= 4 is 11.7 Å². The Morgan fingerprint density at radius 2 is 2.25 bits per heavy atom. The van der Waals surface area contributed by atoms with Crippen LogP contribution in [0.15, 0.2) is 30.6 Å². The molecule has 1 atom stereocenters. The Bertz CT molecular complexity index is 696. The van der Waals surface area contributed by atoms with E-state index in [0.29, 0.717) is 18.9 Å². The monoisotopic (exact) mass is 327 g/mol. The summed E-state index contributed by atoms with van der Waals surface area (Å²) in [5, 5.41) is 7.33. The highest BCUT2D eigenvalue weighted by Crippen LogP contribution is 2.28. The highest BCUT2D eigenvalue weighted by Gasteiger charge is 2.24. The van der Waals surface area contributed by atoms with Gasteiger partial charge in [-0.1, -0.05) is 0 Å². The number of aryl methyl sites for hydroxylation is 2. The molecule has 1 fully saturated rings. The molecule has 2 aromatic rings. The molecular formula is C18H25N5O. The van der Waals surface area contributed by atoms with E-state index in [1.165, 1.54) is 5.56 Å². The average molecular weight is 327 g/mol. The quantitative estimate of drug-likeness (QED) is 0.916. The van der Waals surface area contributed by atoms with Gasteiger partial charge in [0.1, 0.15) is 5.82 Å². The van der Waals surface area contributed by atoms with Crippen LogP contribution >= 0.6 is 0 Å². The molecule has 0 saturated carbocycles. The Balaban J connectivity index is 1.60. The van der Waals surface area contributed by atoms with E-state index in [-0.39, 0.29) is 5.91 Å². The van der Waals surface area contributed by atoms with Crippen molar-refractivity contribution in [1.29, 1.82) is 0 Å². The Kier molecular flexibility index (Phi) is 5.13. The highest BCUT2D eigenvalue weighted by atomic mass is 16.2. The van der Waals surface area contributed by atoms with Crippen LogP contribution in [0.2, 0.25) is 0 Å². The van der Waals surface area contributed by atoms with E-state index < -0.39 is 0 Å². The summed E-state index contributed by atoms with van der Waals surface area (Å²) < 4.78 is 1.89. The molecule has 0 bridgehead atoms. The van der Waals surface area contributed by atoms with Crippen LogP contribution in [0.3, 0.4) is 0 Å². The molecule has 1 amide bonds. The number of anilines is 1. The molecule has 6 nitrogen and oxygen atoms in total. The summed E-state index contributed by atoms with van der Waals surface area (Å²) in [6.45, 7) is 4.32. The minimum absolute atomic E-state index is 0.220. The molecule has 1 unspecified atom stereocenters. The van der Waals surface area contributed by atoms with Gasteiger partial charge in [-0.2, -0.15) is 5.10 Å². The number of piperidine rings is 1. The molecule has 0 aromatic carbocycles. The van der Waals surface area contributed by atoms with Gasteiger partial charge in [0, 0.05) is 57.1 Å². The van der Waals surface area contributed by atoms with Gasteiger partial charge < -0.3 is 10.2 Å². The summed E-state index contributed by atoms with van der Waals surface area (Å²) in [5.41, 5.74) is 2.35. The van der Waals surface area contributed by atoms with Gasteiger partial charge in [-0.15, -0.1) is 0 Å². The third-order valence-electron chi connectivity index (χ3n) is 4.75. The number of aromatic nitrogens is 3. The molecule has 1 aliphatic rings. The normalized spacial score (nSPS) is 17.8. The van der Waals surface area contributed by atoms with Crippen LogP contribution in [0.1, 0.15) is 36.4 Å². The maximum Gasteiger partial charge on any atom is 0.224 e. The number of carbonyl (C=O) groups excluding carboxylic acids is 1. The molecule has 1 saturated heterocycles. The summed E-state index contributed by atoms with van der Waals surface area (Å²) in [7, 11) is 1.88. The highest BCUT2D eigenvalue weighted by molar-refractivity contribution is 5.76.